The minimum absolute atomic E-state index is 0.0853. The van der Waals surface area contributed by atoms with Gasteiger partial charge in [0.15, 0.2) is 5.76 Å². The average Bonchev–Trinajstić information content (AvgIpc) is 3.15. The Morgan fingerprint density at radius 1 is 1.33 bits per heavy atom. The second kappa shape index (κ2) is 7.07. The molecule has 3 atom stereocenters. The van der Waals surface area contributed by atoms with Crippen molar-refractivity contribution in [1.82, 2.24) is 5.16 Å². The van der Waals surface area contributed by atoms with Crippen molar-refractivity contribution >= 4 is 17.7 Å². The van der Waals surface area contributed by atoms with Gasteiger partial charge in [0.2, 0.25) is 0 Å². The van der Waals surface area contributed by atoms with E-state index in [1.165, 1.54) is 11.1 Å². The van der Waals surface area contributed by atoms with Gasteiger partial charge in [-0.05, 0) is 85.4 Å². The molecule has 5 heteroatoms. The molecular formula is C22H22ClNO3. The lowest BCUT2D eigenvalue weighted by Crippen LogP contribution is -2.49. The van der Waals surface area contributed by atoms with Gasteiger partial charge in [-0.2, -0.15) is 0 Å². The number of benzene rings is 1. The van der Waals surface area contributed by atoms with E-state index in [9.17, 15) is 10.2 Å². The summed E-state index contributed by atoms with van der Waals surface area (Å²) in [5.74, 6) is 4.14. The number of hydrogen-bond acceptors (Lipinski definition) is 4. The minimum atomic E-state index is -1.01. The molecule has 1 aromatic heterocycles. The fraction of sp³-hybridized carbons (Fsp3) is 0.409. The fourth-order valence-corrected chi connectivity index (χ4v) is 5.13. The van der Waals surface area contributed by atoms with Crippen LogP contribution in [0.5, 0.6) is 5.75 Å². The Morgan fingerprint density at radius 3 is 3.00 bits per heavy atom. The Morgan fingerprint density at radius 2 is 2.22 bits per heavy atom. The van der Waals surface area contributed by atoms with E-state index in [-0.39, 0.29) is 5.41 Å². The van der Waals surface area contributed by atoms with Gasteiger partial charge in [-0.25, -0.2) is 0 Å². The summed E-state index contributed by atoms with van der Waals surface area (Å²) >= 11 is 5.60. The molecule has 1 fully saturated rings. The van der Waals surface area contributed by atoms with Crippen LogP contribution in [0.4, 0.5) is 0 Å². The number of aromatic nitrogens is 1. The zero-order valence-corrected chi connectivity index (χ0v) is 15.7. The predicted molar refractivity (Wildman–Crippen MR) is 104 cm³/mol. The van der Waals surface area contributed by atoms with Crippen LogP contribution < -0.4 is 0 Å². The molecule has 27 heavy (non-hydrogen) atoms. The normalized spacial score (nSPS) is 29.6. The highest BCUT2D eigenvalue weighted by molar-refractivity contribution is 6.30. The van der Waals surface area contributed by atoms with Crippen molar-refractivity contribution in [3.63, 3.8) is 0 Å². The van der Waals surface area contributed by atoms with E-state index in [1.54, 1.807) is 12.3 Å². The van der Waals surface area contributed by atoms with Gasteiger partial charge in [0.05, 0.1) is 6.20 Å². The SMILES string of the molecule is Oc1ccc2c(c1)CC[C@@H]1CC(O)(C#CCl)CC[C@@]21CC=Cc1ccno1. The maximum absolute atomic E-state index is 10.9. The van der Waals surface area contributed by atoms with Crippen molar-refractivity contribution in [3.05, 3.63) is 53.4 Å². The first kappa shape index (κ1) is 18.2. The highest BCUT2D eigenvalue weighted by Crippen LogP contribution is 2.55. The largest absolute Gasteiger partial charge is 0.508 e. The summed E-state index contributed by atoms with van der Waals surface area (Å²) in [6, 6.07) is 7.53. The van der Waals surface area contributed by atoms with Gasteiger partial charge >= 0.3 is 0 Å². The zero-order valence-electron chi connectivity index (χ0n) is 15.0. The number of fused-ring (bicyclic) bond motifs is 3. The van der Waals surface area contributed by atoms with Gasteiger partial charge < -0.3 is 14.7 Å². The van der Waals surface area contributed by atoms with E-state index in [0.29, 0.717) is 24.5 Å². The summed E-state index contributed by atoms with van der Waals surface area (Å²) in [6.45, 7) is 0. The Labute approximate surface area is 163 Å². The number of phenols is 1. The summed E-state index contributed by atoms with van der Waals surface area (Å²) in [4.78, 5) is 0. The van der Waals surface area contributed by atoms with Crippen molar-refractivity contribution in [2.24, 2.45) is 5.92 Å². The molecule has 1 unspecified atom stereocenters. The van der Waals surface area contributed by atoms with Crippen molar-refractivity contribution < 1.29 is 14.7 Å². The third-order valence-electron chi connectivity index (χ3n) is 6.24. The van der Waals surface area contributed by atoms with Crippen LogP contribution in [0, 0.1) is 17.2 Å². The smallest absolute Gasteiger partial charge is 0.159 e. The summed E-state index contributed by atoms with van der Waals surface area (Å²) in [5, 5.41) is 26.9. The molecule has 0 bridgehead atoms. The summed E-state index contributed by atoms with van der Waals surface area (Å²) in [5.41, 5.74) is 1.38. The molecule has 0 aliphatic heterocycles. The second-order valence-corrected chi connectivity index (χ2v) is 7.90. The molecule has 1 saturated carbocycles. The number of halogens is 1. The Kier molecular flexibility index (Phi) is 4.75. The first-order valence-electron chi connectivity index (χ1n) is 9.29. The van der Waals surface area contributed by atoms with Crippen LogP contribution in [0.2, 0.25) is 0 Å². The Bertz CT molecular complexity index is 911. The minimum Gasteiger partial charge on any atom is -0.508 e. The van der Waals surface area contributed by atoms with Gasteiger partial charge in [-0.3, -0.25) is 0 Å². The number of nitrogens with zero attached hydrogens (tertiary/aromatic N) is 1. The lowest BCUT2D eigenvalue weighted by Gasteiger charge is -2.52. The predicted octanol–water partition coefficient (Wildman–Crippen LogP) is 4.40. The zero-order chi connectivity index (χ0) is 18.9. The van der Waals surface area contributed by atoms with E-state index in [2.05, 4.69) is 28.6 Å². The molecule has 2 aromatic rings. The van der Waals surface area contributed by atoms with E-state index < -0.39 is 5.60 Å². The number of hydrogen-bond donors (Lipinski definition) is 2. The van der Waals surface area contributed by atoms with Gasteiger partial charge in [0, 0.05) is 16.9 Å². The molecule has 4 nitrogen and oxygen atoms in total. The maximum atomic E-state index is 10.9. The van der Waals surface area contributed by atoms with Gasteiger partial charge in [-0.1, -0.05) is 23.2 Å². The topological polar surface area (TPSA) is 66.5 Å². The Hall–Kier alpha value is -2.22. The number of aryl methyl sites for hydroxylation is 1. The molecule has 2 N–H and O–H groups in total. The molecule has 1 aromatic carbocycles. The molecule has 2 aliphatic carbocycles. The first-order chi connectivity index (χ1) is 13.0. The van der Waals surface area contributed by atoms with Crippen LogP contribution in [0.15, 0.2) is 41.1 Å². The van der Waals surface area contributed by atoms with Crippen molar-refractivity contribution in [1.29, 1.82) is 0 Å². The molecule has 1 heterocycles. The summed E-state index contributed by atoms with van der Waals surface area (Å²) in [6.07, 6.45) is 10.4. The number of aromatic hydroxyl groups is 1. The maximum Gasteiger partial charge on any atom is 0.159 e. The van der Waals surface area contributed by atoms with Crippen molar-refractivity contribution in [2.45, 2.75) is 49.5 Å². The molecule has 140 valence electrons. The third-order valence-corrected chi connectivity index (χ3v) is 6.33. The molecule has 2 aliphatic rings. The standard InChI is InChI=1S/C22H22ClNO3/c23-12-11-21(26)9-10-22(8-1-2-19-7-13-24-27-19)17(15-21)4-3-16-14-18(25)5-6-20(16)22/h1-2,5-7,13-14,17,25-26H,3-4,8-10,15H2/t17-,21?,22-/m1/s1. The average molecular weight is 384 g/mol. The fourth-order valence-electron chi connectivity index (χ4n) is 4.95. The summed E-state index contributed by atoms with van der Waals surface area (Å²) < 4.78 is 5.16. The van der Waals surface area contributed by atoms with Crippen LogP contribution >= 0.6 is 11.6 Å². The Balaban J connectivity index is 1.71. The second-order valence-electron chi connectivity index (χ2n) is 7.71. The molecule has 4 rings (SSSR count). The summed E-state index contributed by atoms with van der Waals surface area (Å²) in [7, 11) is 0. The van der Waals surface area contributed by atoms with E-state index in [1.807, 2.05) is 18.2 Å². The van der Waals surface area contributed by atoms with Crippen LogP contribution in [0.3, 0.4) is 0 Å². The quantitative estimate of drug-likeness (QED) is 0.771. The van der Waals surface area contributed by atoms with E-state index in [4.69, 9.17) is 16.1 Å². The van der Waals surface area contributed by atoms with Crippen molar-refractivity contribution in [2.75, 3.05) is 0 Å². The lowest BCUT2D eigenvalue weighted by molar-refractivity contribution is -0.00711. The van der Waals surface area contributed by atoms with Crippen LogP contribution in [0.1, 0.15) is 49.0 Å². The molecule has 0 saturated heterocycles. The molecular weight excluding hydrogens is 362 g/mol. The highest BCUT2D eigenvalue weighted by atomic mass is 35.5. The third kappa shape index (κ3) is 3.38. The molecule has 0 amide bonds. The number of allylic oxidation sites excluding steroid dienone is 1. The van der Waals surface area contributed by atoms with Crippen LogP contribution in [-0.4, -0.2) is 21.0 Å². The lowest BCUT2D eigenvalue weighted by atomic mass is 9.53. The monoisotopic (exact) mass is 383 g/mol. The van der Waals surface area contributed by atoms with Gasteiger partial charge in [-0.15, -0.1) is 0 Å². The number of rotatable bonds is 3. The van der Waals surface area contributed by atoms with Gasteiger partial charge in [0.25, 0.3) is 0 Å². The molecule has 0 spiro atoms. The molecule has 0 radical (unpaired) electrons. The highest BCUT2D eigenvalue weighted by Gasteiger charge is 2.50. The number of phenolic OH excluding ortho intramolecular Hbond substituents is 1. The van der Waals surface area contributed by atoms with Gasteiger partial charge in [0.1, 0.15) is 11.4 Å². The van der Waals surface area contributed by atoms with E-state index >= 15 is 0 Å². The number of aliphatic hydroxyl groups is 1. The van der Waals surface area contributed by atoms with Crippen molar-refractivity contribution in [3.8, 4) is 17.0 Å². The van der Waals surface area contributed by atoms with Crippen LogP contribution in [0.25, 0.3) is 6.08 Å². The van der Waals surface area contributed by atoms with E-state index in [0.717, 1.165) is 31.4 Å². The van der Waals surface area contributed by atoms with Crippen LogP contribution in [-0.2, 0) is 11.8 Å². The first-order valence-corrected chi connectivity index (χ1v) is 9.67.